The molecule has 0 saturated carbocycles. The van der Waals surface area contributed by atoms with Crippen LogP contribution in [0.3, 0.4) is 0 Å². The van der Waals surface area contributed by atoms with E-state index in [0.29, 0.717) is 0 Å². The summed E-state index contributed by atoms with van der Waals surface area (Å²) >= 11 is 0. The van der Waals surface area contributed by atoms with E-state index in [4.69, 9.17) is 10.2 Å². The Hall–Kier alpha value is -2.42. The standard InChI is InChI=1S/C8H10N4O4/c13-7(14)11-9-5-3-1-2-4-6-10-12-8(15)16/h9-12H,5-6H2,(H,13,14)(H,15,16). The van der Waals surface area contributed by atoms with Crippen molar-refractivity contribution in [2.45, 2.75) is 0 Å². The van der Waals surface area contributed by atoms with Gasteiger partial charge in [-0.05, 0) is 11.8 Å². The van der Waals surface area contributed by atoms with Crippen LogP contribution in [-0.4, -0.2) is 35.5 Å². The highest BCUT2D eigenvalue weighted by atomic mass is 16.4. The number of carbonyl (C=O) groups is 2. The van der Waals surface area contributed by atoms with E-state index >= 15 is 0 Å². The summed E-state index contributed by atoms with van der Waals surface area (Å²) in [6.45, 7) is 0.254. The quantitative estimate of drug-likeness (QED) is 0.198. The Morgan fingerprint density at radius 1 is 0.875 bits per heavy atom. The van der Waals surface area contributed by atoms with Crippen LogP contribution in [0, 0.1) is 23.7 Å². The van der Waals surface area contributed by atoms with Gasteiger partial charge >= 0.3 is 12.2 Å². The minimum Gasteiger partial charge on any atom is -0.464 e. The summed E-state index contributed by atoms with van der Waals surface area (Å²) in [4.78, 5) is 19.9. The summed E-state index contributed by atoms with van der Waals surface area (Å²) in [5.41, 5.74) is 8.41. The monoisotopic (exact) mass is 226 g/mol. The van der Waals surface area contributed by atoms with Crippen LogP contribution in [0.25, 0.3) is 0 Å². The predicted molar refractivity (Wildman–Crippen MR) is 53.9 cm³/mol. The molecule has 0 radical (unpaired) electrons. The summed E-state index contributed by atoms with van der Waals surface area (Å²) < 4.78 is 0. The van der Waals surface area contributed by atoms with Crippen molar-refractivity contribution in [1.29, 1.82) is 0 Å². The molecule has 0 spiro atoms. The van der Waals surface area contributed by atoms with Crippen LogP contribution in [0.2, 0.25) is 0 Å². The van der Waals surface area contributed by atoms with E-state index in [1.165, 1.54) is 0 Å². The fourth-order valence-corrected chi connectivity index (χ4v) is 0.505. The van der Waals surface area contributed by atoms with Crippen LogP contribution in [0.15, 0.2) is 0 Å². The number of hydrogen-bond acceptors (Lipinski definition) is 4. The molecule has 0 unspecified atom stereocenters. The zero-order chi connectivity index (χ0) is 12.2. The van der Waals surface area contributed by atoms with Crippen LogP contribution < -0.4 is 21.7 Å². The first-order valence-corrected chi connectivity index (χ1v) is 4.02. The highest BCUT2D eigenvalue weighted by molar-refractivity contribution is 5.63. The van der Waals surface area contributed by atoms with Crippen LogP contribution in [-0.2, 0) is 0 Å². The van der Waals surface area contributed by atoms with Crippen molar-refractivity contribution < 1.29 is 19.8 Å². The van der Waals surface area contributed by atoms with E-state index in [1.54, 1.807) is 0 Å². The summed E-state index contributed by atoms with van der Waals surface area (Å²) in [6, 6.07) is 0. The van der Waals surface area contributed by atoms with E-state index in [-0.39, 0.29) is 13.1 Å². The third-order valence-electron chi connectivity index (χ3n) is 0.983. The first-order chi connectivity index (χ1) is 7.63. The predicted octanol–water partition coefficient (Wildman–Crippen LogP) is -1.46. The van der Waals surface area contributed by atoms with E-state index in [0.717, 1.165) is 0 Å². The van der Waals surface area contributed by atoms with Crippen molar-refractivity contribution in [3.63, 3.8) is 0 Å². The molecule has 8 nitrogen and oxygen atoms in total. The lowest BCUT2D eigenvalue weighted by molar-refractivity contribution is 0.188. The zero-order valence-electron chi connectivity index (χ0n) is 8.13. The molecule has 6 N–H and O–H groups in total. The molecule has 0 aliphatic carbocycles. The second-order valence-electron chi connectivity index (χ2n) is 2.17. The van der Waals surface area contributed by atoms with Gasteiger partial charge in [0.25, 0.3) is 0 Å². The molecule has 0 aliphatic heterocycles. The second kappa shape index (κ2) is 9.15. The number of hydrogen-bond donors (Lipinski definition) is 6. The number of hydrazine groups is 2. The molecule has 0 aromatic carbocycles. The molecule has 0 aromatic heterocycles. The SMILES string of the molecule is O=C(O)NNCC#CC#CCNNC(=O)O. The Morgan fingerprint density at radius 3 is 1.56 bits per heavy atom. The molecule has 0 rings (SSSR count). The summed E-state index contributed by atoms with van der Waals surface area (Å²) in [5, 5.41) is 16.3. The number of amides is 2. The molecule has 0 heterocycles. The van der Waals surface area contributed by atoms with Gasteiger partial charge in [-0.3, -0.25) is 10.9 Å². The summed E-state index contributed by atoms with van der Waals surface area (Å²) in [7, 11) is 0. The molecule has 86 valence electrons. The van der Waals surface area contributed by atoms with Crippen molar-refractivity contribution in [3.8, 4) is 23.7 Å². The van der Waals surface area contributed by atoms with Crippen LogP contribution in [0.4, 0.5) is 9.59 Å². The first-order valence-electron chi connectivity index (χ1n) is 4.02. The van der Waals surface area contributed by atoms with Crippen molar-refractivity contribution >= 4 is 12.2 Å². The van der Waals surface area contributed by atoms with Gasteiger partial charge in [0.15, 0.2) is 0 Å². The van der Waals surface area contributed by atoms with Crippen LogP contribution in [0.5, 0.6) is 0 Å². The minimum absolute atomic E-state index is 0.127. The second-order valence-corrected chi connectivity index (χ2v) is 2.17. The van der Waals surface area contributed by atoms with Gasteiger partial charge in [0.05, 0.1) is 13.1 Å². The third-order valence-corrected chi connectivity index (χ3v) is 0.983. The van der Waals surface area contributed by atoms with Gasteiger partial charge in [-0.2, -0.15) is 0 Å². The Morgan fingerprint density at radius 2 is 1.25 bits per heavy atom. The maximum Gasteiger partial charge on any atom is 0.419 e. The van der Waals surface area contributed by atoms with Crippen molar-refractivity contribution in [2.24, 2.45) is 0 Å². The molecule has 16 heavy (non-hydrogen) atoms. The lowest BCUT2D eigenvalue weighted by Gasteiger charge is -1.95. The van der Waals surface area contributed by atoms with Gasteiger partial charge in [-0.25, -0.2) is 20.4 Å². The molecule has 0 atom stereocenters. The van der Waals surface area contributed by atoms with Gasteiger partial charge in [0, 0.05) is 0 Å². The zero-order valence-corrected chi connectivity index (χ0v) is 8.13. The maximum atomic E-state index is 9.95. The van der Waals surface area contributed by atoms with Gasteiger partial charge < -0.3 is 10.2 Å². The smallest absolute Gasteiger partial charge is 0.419 e. The number of carboxylic acid groups (broad SMARTS) is 2. The largest absolute Gasteiger partial charge is 0.464 e. The Balaban J connectivity index is 3.48. The maximum absolute atomic E-state index is 9.95. The molecule has 0 bridgehead atoms. The van der Waals surface area contributed by atoms with Crippen molar-refractivity contribution in [1.82, 2.24) is 21.7 Å². The van der Waals surface area contributed by atoms with E-state index in [1.807, 2.05) is 10.9 Å². The van der Waals surface area contributed by atoms with Gasteiger partial charge in [0.1, 0.15) is 0 Å². The van der Waals surface area contributed by atoms with E-state index in [9.17, 15) is 9.59 Å². The average Bonchev–Trinajstić information content (AvgIpc) is 2.20. The average molecular weight is 226 g/mol. The van der Waals surface area contributed by atoms with Gasteiger partial charge in [-0.1, -0.05) is 11.8 Å². The first kappa shape index (κ1) is 13.6. The lowest BCUT2D eigenvalue weighted by Crippen LogP contribution is -2.36. The third kappa shape index (κ3) is 11.6. The fourth-order valence-electron chi connectivity index (χ4n) is 0.505. The Labute approximate surface area is 91.3 Å². The highest BCUT2D eigenvalue weighted by Crippen LogP contribution is 1.58. The van der Waals surface area contributed by atoms with Crippen molar-refractivity contribution in [3.05, 3.63) is 0 Å². The Kier molecular flexibility index (Phi) is 7.76. The van der Waals surface area contributed by atoms with Gasteiger partial charge in [0.2, 0.25) is 0 Å². The van der Waals surface area contributed by atoms with Crippen LogP contribution in [0.1, 0.15) is 0 Å². The molecular formula is C8H10N4O4. The summed E-state index contributed by atoms with van der Waals surface area (Å²) in [6.07, 6.45) is -2.39. The van der Waals surface area contributed by atoms with Gasteiger partial charge in [-0.15, -0.1) is 0 Å². The minimum atomic E-state index is -1.20. The lowest BCUT2D eigenvalue weighted by atomic mass is 10.5. The summed E-state index contributed by atoms with van der Waals surface area (Å²) in [5.74, 6) is 9.88. The molecule has 0 aromatic rings. The van der Waals surface area contributed by atoms with E-state index < -0.39 is 12.2 Å². The number of rotatable bonds is 4. The molecule has 2 amide bonds. The van der Waals surface area contributed by atoms with Crippen LogP contribution >= 0.6 is 0 Å². The fraction of sp³-hybridized carbons (Fsp3) is 0.250. The Bertz CT molecular complexity index is 324. The number of nitrogens with one attached hydrogen (secondary N) is 4. The molecule has 0 fully saturated rings. The van der Waals surface area contributed by atoms with Crippen molar-refractivity contribution in [2.75, 3.05) is 13.1 Å². The molecule has 0 aliphatic rings. The molecule has 0 saturated heterocycles. The topological polar surface area (TPSA) is 123 Å². The molecule has 8 heteroatoms. The normalized spacial score (nSPS) is 7.75. The molecular weight excluding hydrogens is 216 g/mol. The van der Waals surface area contributed by atoms with E-state index in [2.05, 4.69) is 34.5 Å². The highest BCUT2D eigenvalue weighted by Gasteiger charge is 1.87.